The zero-order chi connectivity index (χ0) is 23.4. The van der Waals surface area contributed by atoms with Gasteiger partial charge in [-0.3, -0.25) is 4.79 Å². The number of aromatic nitrogens is 4. The van der Waals surface area contributed by atoms with E-state index in [-0.39, 0.29) is 0 Å². The number of aryl methyl sites for hydroxylation is 1. The summed E-state index contributed by atoms with van der Waals surface area (Å²) in [6.07, 6.45) is 2.15. The van der Waals surface area contributed by atoms with Gasteiger partial charge in [-0.25, -0.2) is 19.9 Å². The van der Waals surface area contributed by atoms with E-state index in [1.54, 1.807) is 39.5 Å². The lowest BCUT2D eigenvalue weighted by molar-refractivity contribution is 0.100. The second-order valence-corrected chi connectivity index (χ2v) is 8.08. The van der Waals surface area contributed by atoms with Gasteiger partial charge in [-0.15, -0.1) is 0 Å². The first kappa shape index (κ1) is 22.2. The molecule has 0 radical (unpaired) electrons. The fourth-order valence-electron chi connectivity index (χ4n) is 3.20. The van der Waals surface area contributed by atoms with Gasteiger partial charge in [-0.05, 0) is 30.7 Å². The molecule has 3 heterocycles. The maximum Gasteiger partial charge on any atom is 0.260 e. The Bertz CT molecular complexity index is 1270. The highest BCUT2D eigenvalue weighted by Crippen LogP contribution is 2.29. The molecule has 0 fully saturated rings. The summed E-state index contributed by atoms with van der Waals surface area (Å²) in [6, 6.07) is 13.0. The van der Waals surface area contributed by atoms with Crippen LogP contribution in [0, 0.1) is 6.92 Å². The van der Waals surface area contributed by atoms with Crippen molar-refractivity contribution in [2.45, 2.75) is 13.3 Å². The van der Waals surface area contributed by atoms with Crippen molar-refractivity contribution in [1.29, 1.82) is 0 Å². The van der Waals surface area contributed by atoms with Crippen LogP contribution in [0.1, 0.15) is 26.8 Å². The average Bonchev–Trinajstić information content (AvgIpc) is 3.21. The predicted molar refractivity (Wildman–Crippen MR) is 126 cm³/mol. The number of primary amides is 1. The molecule has 9 nitrogen and oxygen atoms in total. The Hall–Kier alpha value is -4.05. The lowest BCUT2D eigenvalue weighted by Crippen LogP contribution is -2.11. The highest BCUT2D eigenvalue weighted by molar-refractivity contribution is 7.17. The van der Waals surface area contributed by atoms with Crippen LogP contribution in [0.15, 0.2) is 48.7 Å². The molecule has 33 heavy (non-hydrogen) atoms. The van der Waals surface area contributed by atoms with Gasteiger partial charge in [0.25, 0.3) is 5.91 Å². The third kappa shape index (κ3) is 5.24. The van der Waals surface area contributed by atoms with Crippen LogP contribution >= 0.6 is 11.3 Å². The number of carbonyl (C=O) groups excluding carboxylic acids is 1. The van der Waals surface area contributed by atoms with Gasteiger partial charge in [0.05, 0.1) is 25.6 Å². The van der Waals surface area contributed by atoms with Gasteiger partial charge < -0.3 is 20.5 Å². The summed E-state index contributed by atoms with van der Waals surface area (Å²) < 4.78 is 10.3. The van der Waals surface area contributed by atoms with Crippen molar-refractivity contribution in [3.05, 3.63) is 70.6 Å². The Morgan fingerprint density at radius 1 is 1.06 bits per heavy atom. The van der Waals surface area contributed by atoms with E-state index in [0.717, 1.165) is 16.9 Å². The molecule has 0 unspecified atom stereocenters. The monoisotopic (exact) mass is 462 g/mol. The van der Waals surface area contributed by atoms with E-state index >= 15 is 0 Å². The van der Waals surface area contributed by atoms with Crippen molar-refractivity contribution in [2.24, 2.45) is 5.73 Å². The van der Waals surface area contributed by atoms with Gasteiger partial charge in [0.2, 0.25) is 5.88 Å². The van der Waals surface area contributed by atoms with Crippen molar-refractivity contribution in [2.75, 3.05) is 19.5 Å². The zero-order valence-corrected chi connectivity index (χ0v) is 19.1. The molecule has 168 valence electrons. The molecule has 10 heteroatoms. The number of pyridine rings is 1. The molecule has 0 atom stereocenters. The highest BCUT2D eigenvalue weighted by atomic mass is 32.1. The third-order valence-corrected chi connectivity index (χ3v) is 5.79. The number of nitrogens with two attached hydrogens (primary N) is 1. The van der Waals surface area contributed by atoms with Crippen molar-refractivity contribution >= 4 is 28.2 Å². The molecule has 0 saturated heterocycles. The van der Waals surface area contributed by atoms with Crippen molar-refractivity contribution in [3.63, 3.8) is 0 Å². The van der Waals surface area contributed by atoms with Crippen LogP contribution in [0.5, 0.6) is 11.6 Å². The van der Waals surface area contributed by atoms with Gasteiger partial charge in [-0.1, -0.05) is 23.5 Å². The van der Waals surface area contributed by atoms with Crippen LogP contribution in [-0.4, -0.2) is 40.1 Å². The number of methoxy groups -OCH3 is 2. The van der Waals surface area contributed by atoms with E-state index < -0.39 is 5.91 Å². The molecule has 0 spiro atoms. The van der Waals surface area contributed by atoms with Crippen LogP contribution in [0.25, 0.3) is 11.3 Å². The van der Waals surface area contributed by atoms with E-state index in [4.69, 9.17) is 15.2 Å². The van der Waals surface area contributed by atoms with Crippen LogP contribution in [-0.2, 0) is 6.42 Å². The summed E-state index contributed by atoms with van der Waals surface area (Å²) >= 11 is 1.19. The first-order valence-corrected chi connectivity index (χ1v) is 10.8. The summed E-state index contributed by atoms with van der Waals surface area (Å²) in [5.74, 6) is 1.89. The highest BCUT2D eigenvalue weighted by Gasteiger charge is 2.17. The molecule has 0 aliphatic heterocycles. The van der Waals surface area contributed by atoms with Gasteiger partial charge in [0, 0.05) is 30.3 Å². The van der Waals surface area contributed by atoms with Crippen molar-refractivity contribution in [1.82, 2.24) is 19.9 Å². The molecule has 3 aromatic heterocycles. The standard InChI is InChI=1S/C23H22N6O3S/c1-13-26-17(15-6-9-20(32-3)25-12-15)11-19(27-13)29-23-28-18(21(33-23)22(24)30)10-14-4-7-16(31-2)8-5-14/h4-9,11-12H,10H2,1-3H3,(H2,24,30)(H,26,27,28,29). The van der Waals surface area contributed by atoms with Gasteiger partial charge in [0.15, 0.2) is 5.13 Å². The van der Waals surface area contributed by atoms with Crippen LogP contribution in [0.2, 0.25) is 0 Å². The van der Waals surface area contributed by atoms with Crippen LogP contribution in [0.3, 0.4) is 0 Å². The number of benzene rings is 1. The molecule has 0 saturated carbocycles. The lowest BCUT2D eigenvalue weighted by atomic mass is 10.1. The molecular weight excluding hydrogens is 440 g/mol. The SMILES string of the molecule is COc1ccc(Cc2nc(Nc3cc(-c4ccc(OC)nc4)nc(C)n3)sc2C(N)=O)cc1. The summed E-state index contributed by atoms with van der Waals surface area (Å²) in [5, 5.41) is 3.70. The van der Waals surface area contributed by atoms with E-state index in [9.17, 15) is 4.79 Å². The second kappa shape index (κ2) is 9.61. The number of amides is 1. The Morgan fingerprint density at radius 2 is 1.85 bits per heavy atom. The lowest BCUT2D eigenvalue weighted by Gasteiger charge is -2.07. The number of hydrogen-bond donors (Lipinski definition) is 2. The first-order chi connectivity index (χ1) is 15.9. The Balaban J connectivity index is 1.60. The summed E-state index contributed by atoms with van der Waals surface area (Å²) in [5.41, 5.74) is 8.72. The zero-order valence-electron chi connectivity index (χ0n) is 18.3. The molecule has 3 N–H and O–H groups in total. The van der Waals surface area contributed by atoms with E-state index in [1.165, 1.54) is 11.3 Å². The van der Waals surface area contributed by atoms with Gasteiger partial charge >= 0.3 is 0 Å². The predicted octanol–water partition coefficient (Wildman–Crippen LogP) is 3.75. The number of rotatable bonds is 8. The Kier molecular flexibility index (Phi) is 6.45. The minimum absolute atomic E-state index is 0.402. The van der Waals surface area contributed by atoms with Crippen molar-refractivity contribution < 1.29 is 14.3 Å². The topological polar surface area (TPSA) is 125 Å². The Labute approximate surface area is 194 Å². The number of carbonyl (C=O) groups is 1. The first-order valence-electron chi connectivity index (χ1n) is 10.0. The fourth-order valence-corrected chi connectivity index (χ4v) is 4.04. The quantitative estimate of drug-likeness (QED) is 0.405. The fraction of sp³-hybridized carbons (Fsp3) is 0.174. The largest absolute Gasteiger partial charge is 0.497 e. The molecule has 0 aliphatic carbocycles. The van der Waals surface area contributed by atoms with E-state index in [1.807, 2.05) is 30.3 Å². The summed E-state index contributed by atoms with van der Waals surface area (Å²) in [4.78, 5) is 30.2. The maximum absolute atomic E-state index is 12.0. The third-order valence-electron chi connectivity index (χ3n) is 4.77. The number of nitrogens with one attached hydrogen (secondary N) is 1. The number of thiazole rings is 1. The summed E-state index contributed by atoms with van der Waals surface area (Å²) in [7, 11) is 3.18. The average molecular weight is 463 g/mol. The summed E-state index contributed by atoms with van der Waals surface area (Å²) in [6.45, 7) is 1.80. The molecule has 0 aliphatic rings. The smallest absolute Gasteiger partial charge is 0.260 e. The number of ether oxygens (including phenoxy) is 2. The Morgan fingerprint density at radius 3 is 2.48 bits per heavy atom. The minimum atomic E-state index is -0.520. The van der Waals surface area contributed by atoms with E-state index in [2.05, 4.69) is 25.3 Å². The maximum atomic E-state index is 12.0. The molecule has 1 aromatic carbocycles. The van der Waals surface area contributed by atoms with Gasteiger partial charge in [0.1, 0.15) is 22.3 Å². The molecular formula is C23H22N6O3S. The van der Waals surface area contributed by atoms with Crippen LogP contribution < -0.4 is 20.5 Å². The second-order valence-electron chi connectivity index (χ2n) is 7.08. The van der Waals surface area contributed by atoms with Gasteiger partial charge in [-0.2, -0.15) is 0 Å². The van der Waals surface area contributed by atoms with E-state index in [0.29, 0.717) is 45.3 Å². The van der Waals surface area contributed by atoms with Crippen LogP contribution in [0.4, 0.5) is 10.9 Å². The minimum Gasteiger partial charge on any atom is -0.497 e. The molecule has 0 bridgehead atoms. The van der Waals surface area contributed by atoms with Crippen molar-refractivity contribution in [3.8, 4) is 22.9 Å². The number of anilines is 2. The molecule has 4 aromatic rings. The number of hydrogen-bond acceptors (Lipinski definition) is 9. The normalized spacial score (nSPS) is 10.6. The molecule has 4 rings (SSSR count). The molecule has 1 amide bonds. The number of nitrogens with zero attached hydrogens (tertiary/aromatic N) is 4.